The Morgan fingerprint density at radius 1 is 0.789 bits per heavy atom. The Morgan fingerprint density at radius 2 is 1.45 bits per heavy atom. The van der Waals surface area contributed by atoms with Crippen molar-refractivity contribution >= 4 is 29.7 Å². The van der Waals surface area contributed by atoms with Crippen LogP contribution in [0.25, 0.3) is 12.2 Å². The molecule has 6 heteroatoms. The molecule has 3 aromatic rings. The van der Waals surface area contributed by atoms with E-state index in [9.17, 15) is 14.4 Å². The Kier molecular flexibility index (Phi) is 9.59. The number of rotatable bonds is 10. The second-order valence-electron chi connectivity index (χ2n) is 9.80. The Balaban J connectivity index is 1.44. The van der Waals surface area contributed by atoms with Crippen molar-refractivity contribution in [2.75, 3.05) is 13.1 Å². The third kappa shape index (κ3) is 7.73. The minimum atomic E-state index is -1.07. The lowest BCUT2D eigenvalue weighted by molar-refractivity contribution is -0.137. The van der Waals surface area contributed by atoms with Crippen molar-refractivity contribution in [3.05, 3.63) is 107 Å². The van der Waals surface area contributed by atoms with Crippen LogP contribution in [-0.4, -0.2) is 41.6 Å². The van der Waals surface area contributed by atoms with E-state index in [1.807, 2.05) is 54.6 Å². The van der Waals surface area contributed by atoms with E-state index in [-0.39, 0.29) is 6.42 Å². The van der Waals surface area contributed by atoms with Crippen molar-refractivity contribution < 1.29 is 14.4 Å². The van der Waals surface area contributed by atoms with Crippen LogP contribution in [0.1, 0.15) is 58.3 Å². The summed E-state index contributed by atoms with van der Waals surface area (Å²) < 4.78 is 0. The fraction of sp³-hybridized carbons (Fsp3) is 0.281. The molecular formula is C32H35N3O3. The summed E-state index contributed by atoms with van der Waals surface area (Å²) in [5, 5.41) is 2.72. The van der Waals surface area contributed by atoms with Gasteiger partial charge in [-0.2, -0.15) is 0 Å². The smallest absolute Gasteiger partial charge is 0.287 e. The van der Waals surface area contributed by atoms with Gasteiger partial charge in [-0.05, 0) is 54.3 Å². The average molecular weight is 510 g/mol. The largest absolute Gasteiger partial charge is 0.363 e. The van der Waals surface area contributed by atoms with Gasteiger partial charge < -0.3 is 11.1 Å². The van der Waals surface area contributed by atoms with Gasteiger partial charge in [-0.25, -0.2) is 0 Å². The number of ketones is 1. The fourth-order valence-corrected chi connectivity index (χ4v) is 4.79. The number of carbonyl (C=O) groups is 3. The number of Topliss-reactive ketones (excluding diaryl/α,β-unsaturated/α-hetero) is 1. The highest BCUT2D eigenvalue weighted by Gasteiger charge is 2.26. The van der Waals surface area contributed by atoms with E-state index in [1.54, 1.807) is 12.1 Å². The van der Waals surface area contributed by atoms with Crippen LogP contribution in [0.15, 0.2) is 78.9 Å². The minimum Gasteiger partial charge on any atom is -0.363 e. The molecule has 0 spiro atoms. The van der Waals surface area contributed by atoms with Crippen LogP contribution in [-0.2, 0) is 22.6 Å². The molecule has 1 saturated heterocycles. The molecule has 2 amide bonds. The lowest BCUT2D eigenvalue weighted by Crippen LogP contribution is -2.47. The molecule has 4 rings (SSSR count). The fourth-order valence-electron chi connectivity index (χ4n) is 4.79. The predicted molar refractivity (Wildman–Crippen MR) is 151 cm³/mol. The minimum absolute atomic E-state index is 0.177. The van der Waals surface area contributed by atoms with Crippen LogP contribution < -0.4 is 11.1 Å². The van der Waals surface area contributed by atoms with Crippen molar-refractivity contribution in [3.63, 3.8) is 0 Å². The molecule has 38 heavy (non-hydrogen) atoms. The van der Waals surface area contributed by atoms with E-state index in [2.05, 4.69) is 34.5 Å². The summed E-state index contributed by atoms with van der Waals surface area (Å²) in [4.78, 5) is 39.8. The number of likely N-dealkylation sites (tertiary alicyclic amines) is 1. The third-order valence-corrected chi connectivity index (χ3v) is 6.89. The first-order valence-corrected chi connectivity index (χ1v) is 13.3. The van der Waals surface area contributed by atoms with Gasteiger partial charge in [-0.3, -0.25) is 19.3 Å². The van der Waals surface area contributed by atoms with Gasteiger partial charge in [-0.1, -0.05) is 97.8 Å². The number of carbonyl (C=O) groups excluding carboxylic acids is 3. The first kappa shape index (κ1) is 27.0. The summed E-state index contributed by atoms with van der Waals surface area (Å²) >= 11 is 0. The van der Waals surface area contributed by atoms with Crippen LogP contribution in [0.2, 0.25) is 0 Å². The predicted octanol–water partition coefficient (Wildman–Crippen LogP) is 4.63. The quantitative estimate of drug-likeness (QED) is 0.308. The first-order valence-electron chi connectivity index (χ1n) is 13.3. The molecule has 1 aliphatic rings. The van der Waals surface area contributed by atoms with E-state index in [4.69, 9.17) is 5.73 Å². The SMILES string of the molecule is NC(=O)C(=O)C(Cc1ccccc1)NC(=O)c1ccccc1C=Cc1ccc(CN2CCCCCC2)cc1. The molecule has 3 N–H and O–H groups in total. The summed E-state index contributed by atoms with van der Waals surface area (Å²) in [5.41, 5.74) is 9.54. The zero-order valence-electron chi connectivity index (χ0n) is 21.6. The zero-order chi connectivity index (χ0) is 26.7. The van der Waals surface area contributed by atoms with Crippen molar-refractivity contribution in [1.82, 2.24) is 10.2 Å². The normalized spacial score (nSPS) is 15.1. The second-order valence-corrected chi connectivity index (χ2v) is 9.80. The molecule has 6 nitrogen and oxygen atoms in total. The van der Waals surface area contributed by atoms with E-state index < -0.39 is 23.6 Å². The molecule has 3 aromatic carbocycles. The molecule has 1 unspecified atom stereocenters. The Bertz CT molecular complexity index is 1260. The van der Waals surface area contributed by atoms with Crippen molar-refractivity contribution in [2.45, 2.75) is 44.7 Å². The van der Waals surface area contributed by atoms with E-state index in [0.717, 1.165) is 30.8 Å². The summed E-state index contributed by atoms with van der Waals surface area (Å²) in [6.07, 6.45) is 9.24. The second kappa shape index (κ2) is 13.5. The van der Waals surface area contributed by atoms with Gasteiger partial charge in [0.05, 0.1) is 0 Å². The first-order chi connectivity index (χ1) is 18.5. The standard InChI is InChI=1S/C32H35N3O3/c33-31(37)30(36)29(22-25-10-4-3-5-11-25)34-32(38)28-13-7-6-12-27(28)19-18-24-14-16-26(17-15-24)23-35-20-8-1-2-9-21-35/h3-7,10-19,29H,1-2,8-9,20-23H2,(H2,33,37)(H,34,38). The van der Waals surface area contributed by atoms with E-state index >= 15 is 0 Å². The van der Waals surface area contributed by atoms with Crippen LogP contribution in [0, 0.1) is 0 Å². The number of amides is 2. The Hall–Kier alpha value is -4.03. The van der Waals surface area contributed by atoms with E-state index in [1.165, 1.54) is 31.2 Å². The van der Waals surface area contributed by atoms with Gasteiger partial charge in [0.1, 0.15) is 6.04 Å². The number of benzene rings is 3. The molecule has 1 fully saturated rings. The topological polar surface area (TPSA) is 92.5 Å². The van der Waals surface area contributed by atoms with E-state index in [0.29, 0.717) is 11.1 Å². The van der Waals surface area contributed by atoms with Crippen LogP contribution in [0.4, 0.5) is 0 Å². The van der Waals surface area contributed by atoms with Gasteiger partial charge in [-0.15, -0.1) is 0 Å². The molecular weight excluding hydrogens is 474 g/mol. The summed E-state index contributed by atoms with van der Waals surface area (Å²) in [7, 11) is 0. The number of primary amides is 1. The van der Waals surface area contributed by atoms with Gasteiger partial charge >= 0.3 is 0 Å². The summed E-state index contributed by atoms with van der Waals surface area (Å²) in [6.45, 7) is 3.30. The maximum absolute atomic E-state index is 13.2. The van der Waals surface area contributed by atoms with Crippen molar-refractivity contribution in [1.29, 1.82) is 0 Å². The van der Waals surface area contributed by atoms with Gasteiger partial charge in [0.25, 0.3) is 11.8 Å². The lowest BCUT2D eigenvalue weighted by Gasteiger charge is -2.19. The molecule has 0 aromatic heterocycles. The number of nitrogens with zero attached hydrogens (tertiary/aromatic N) is 1. The molecule has 0 aliphatic carbocycles. The van der Waals surface area contributed by atoms with Crippen LogP contribution in [0.5, 0.6) is 0 Å². The number of nitrogens with one attached hydrogen (secondary N) is 1. The van der Waals surface area contributed by atoms with Gasteiger partial charge in [0.2, 0.25) is 5.78 Å². The highest BCUT2D eigenvalue weighted by molar-refractivity contribution is 6.38. The number of nitrogens with two attached hydrogens (primary N) is 1. The van der Waals surface area contributed by atoms with Crippen molar-refractivity contribution in [2.24, 2.45) is 5.73 Å². The Morgan fingerprint density at radius 3 is 2.13 bits per heavy atom. The molecule has 0 saturated carbocycles. The average Bonchev–Trinajstić information content (AvgIpc) is 3.21. The molecule has 0 bridgehead atoms. The van der Waals surface area contributed by atoms with Gasteiger partial charge in [0.15, 0.2) is 0 Å². The Labute approximate surface area is 224 Å². The molecule has 1 aliphatic heterocycles. The number of hydrogen-bond acceptors (Lipinski definition) is 4. The highest BCUT2D eigenvalue weighted by atomic mass is 16.2. The number of hydrogen-bond donors (Lipinski definition) is 2. The third-order valence-electron chi connectivity index (χ3n) is 6.89. The lowest BCUT2D eigenvalue weighted by atomic mass is 10.00. The van der Waals surface area contributed by atoms with Crippen molar-refractivity contribution in [3.8, 4) is 0 Å². The summed E-state index contributed by atoms with van der Waals surface area (Å²) in [6, 6.07) is 23.8. The molecule has 196 valence electrons. The van der Waals surface area contributed by atoms with Crippen LogP contribution >= 0.6 is 0 Å². The summed E-state index contributed by atoms with van der Waals surface area (Å²) in [5.74, 6) is -2.33. The molecule has 1 heterocycles. The maximum Gasteiger partial charge on any atom is 0.287 e. The highest BCUT2D eigenvalue weighted by Crippen LogP contribution is 2.17. The van der Waals surface area contributed by atoms with Gasteiger partial charge in [0, 0.05) is 18.5 Å². The monoisotopic (exact) mass is 509 g/mol. The molecule has 1 atom stereocenters. The zero-order valence-corrected chi connectivity index (χ0v) is 21.6. The maximum atomic E-state index is 13.2. The molecule has 0 radical (unpaired) electrons. The van der Waals surface area contributed by atoms with Crippen LogP contribution in [0.3, 0.4) is 0 Å².